The molecule has 2 N–H and O–H groups in total. The summed E-state index contributed by atoms with van der Waals surface area (Å²) in [4.78, 5) is 16.1. The molecule has 4 nitrogen and oxygen atoms in total. The van der Waals surface area contributed by atoms with Gasteiger partial charge in [0.1, 0.15) is 17.3 Å². The minimum absolute atomic E-state index is 0.0138. The standard InChI is InChI=1S/C14H19F2N3O/c1-18(2)8-10-4-3-5-19(10)14(20)9-6-11(15)13(17)12(16)7-9/h6-7,10H,3-5,8,17H2,1-2H3. The maximum absolute atomic E-state index is 13.5. The van der Waals surface area contributed by atoms with E-state index in [2.05, 4.69) is 0 Å². The first-order valence-corrected chi connectivity index (χ1v) is 6.60. The first-order chi connectivity index (χ1) is 9.40. The summed E-state index contributed by atoms with van der Waals surface area (Å²) in [6.07, 6.45) is 1.81. The smallest absolute Gasteiger partial charge is 0.254 e. The molecule has 1 aliphatic rings. The predicted octanol–water partition coefficient (Wildman–Crippen LogP) is 1.71. The molecule has 1 unspecified atom stereocenters. The van der Waals surface area contributed by atoms with Crippen LogP contribution in [0.25, 0.3) is 0 Å². The number of carbonyl (C=O) groups excluding carboxylic acids is 1. The maximum Gasteiger partial charge on any atom is 0.254 e. The number of nitrogen functional groups attached to an aromatic ring is 1. The fourth-order valence-electron chi connectivity index (χ4n) is 2.59. The van der Waals surface area contributed by atoms with Crippen LogP contribution in [0.5, 0.6) is 0 Å². The predicted molar refractivity (Wildman–Crippen MR) is 73.4 cm³/mol. The number of hydrogen-bond donors (Lipinski definition) is 1. The Bertz CT molecular complexity index is 496. The van der Waals surface area contributed by atoms with Crippen LogP contribution in [0, 0.1) is 11.6 Å². The lowest BCUT2D eigenvalue weighted by molar-refractivity contribution is 0.0715. The molecule has 20 heavy (non-hydrogen) atoms. The Balaban J connectivity index is 2.22. The fraction of sp³-hybridized carbons (Fsp3) is 0.500. The van der Waals surface area contributed by atoms with Gasteiger partial charge >= 0.3 is 0 Å². The van der Waals surface area contributed by atoms with E-state index in [9.17, 15) is 13.6 Å². The lowest BCUT2D eigenvalue weighted by Gasteiger charge is -2.27. The van der Waals surface area contributed by atoms with Crippen molar-refractivity contribution in [1.82, 2.24) is 9.80 Å². The Morgan fingerprint density at radius 2 is 2.00 bits per heavy atom. The molecule has 1 heterocycles. The second-order valence-corrected chi connectivity index (χ2v) is 5.41. The number of nitrogens with zero attached hydrogens (tertiary/aromatic N) is 2. The fourth-order valence-corrected chi connectivity index (χ4v) is 2.59. The highest BCUT2D eigenvalue weighted by Crippen LogP contribution is 2.23. The summed E-state index contributed by atoms with van der Waals surface area (Å²) in [6, 6.07) is 2.10. The van der Waals surface area contributed by atoms with E-state index in [0.29, 0.717) is 6.54 Å². The van der Waals surface area contributed by atoms with Crippen molar-refractivity contribution in [3.05, 3.63) is 29.3 Å². The quantitative estimate of drug-likeness (QED) is 0.859. The van der Waals surface area contributed by atoms with Gasteiger partial charge in [0.25, 0.3) is 5.91 Å². The Morgan fingerprint density at radius 1 is 1.40 bits per heavy atom. The van der Waals surface area contributed by atoms with E-state index in [0.717, 1.165) is 31.5 Å². The molecular formula is C14H19F2N3O. The van der Waals surface area contributed by atoms with Crippen molar-refractivity contribution in [3.8, 4) is 0 Å². The van der Waals surface area contributed by atoms with Gasteiger partial charge in [-0.25, -0.2) is 8.78 Å². The highest BCUT2D eigenvalue weighted by Gasteiger charge is 2.30. The van der Waals surface area contributed by atoms with Gasteiger partial charge in [0.15, 0.2) is 0 Å². The molecule has 1 fully saturated rings. The number of hydrogen-bond acceptors (Lipinski definition) is 3. The van der Waals surface area contributed by atoms with E-state index < -0.39 is 17.3 Å². The highest BCUT2D eigenvalue weighted by atomic mass is 19.1. The number of rotatable bonds is 3. The van der Waals surface area contributed by atoms with Gasteiger partial charge in [-0.15, -0.1) is 0 Å². The molecular weight excluding hydrogens is 264 g/mol. The topological polar surface area (TPSA) is 49.6 Å². The van der Waals surface area contributed by atoms with Crippen molar-refractivity contribution in [2.24, 2.45) is 0 Å². The molecule has 2 rings (SSSR count). The zero-order valence-corrected chi connectivity index (χ0v) is 11.7. The van der Waals surface area contributed by atoms with Crippen molar-refractivity contribution in [2.75, 3.05) is 32.9 Å². The molecule has 1 amide bonds. The van der Waals surface area contributed by atoms with Gasteiger partial charge in [0, 0.05) is 24.7 Å². The molecule has 1 aromatic rings. The molecule has 110 valence electrons. The summed E-state index contributed by atoms with van der Waals surface area (Å²) in [5.41, 5.74) is 4.68. The molecule has 0 aliphatic carbocycles. The van der Waals surface area contributed by atoms with Crippen LogP contribution in [0.2, 0.25) is 0 Å². The van der Waals surface area contributed by atoms with Crippen molar-refractivity contribution >= 4 is 11.6 Å². The van der Waals surface area contributed by atoms with Crippen molar-refractivity contribution in [3.63, 3.8) is 0 Å². The summed E-state index contributed by atoms with van der Waals surface area (Å²) in [7, 11) is 3.87. The van der Waals surface area contributed by atoms with Crippen LogP contribution in [0.1, 0.15) is 23.2 Å². The lowest BCUT2D eigenvalue weighted by atomic mass is 10.1. The zero-order chi connectivity index (χ0) is 14.9. The summed E-state index contributed by atoms with van der Waals surface area (Å²) in [5.74, 6) is -2.12. The first-order valence-electron chi connectivity index (χ1n) is 6.60. The first kappa shape index (κ1) is 14.7. The molecule has 0 spiro atoms. The minimum Gasteiger partial charge on any atom is -0.394 e. The van der Waals surface area contributed by atoms with Gasteiger partial charge in [-0.2, -0.15) is 0 Å². The summed E-state index contributed by atoms with van der Waals surface area (Å²) in [6.45, 7) is 1.36. The van der Waals surface area contributed by atoms with Gasteiger partial charge in [0.2, 0.25) is 0 Å². The Kier molecular flexibility index (Phi) is 4.23. The third-order valence-electron chi connectivity index (χ3n) is 3.54. The highest BCUT2D eigenvalue weighted by molar-refractivity contribution is 5.95. The number of nitrogens with two attached hydrogens (primary N) is 1. The van der Waals surface area contributed by atoms with Gasteiger partial charge in [0.05, 0.1) is 0 Å². The molecule has 1 aliphatic heterocycles. The van der Waals surface area contributed by atoms with Gasteiger partial charge in [-0.3, -0.25) is 4.79 Å². The average Bonchev–Trinajstić information content (AvgIpc) is 2.81. The minimum atomic E-state index is -0.892. The second kappa shape index (κ2) is 5.75. The van der Waals surface area contributed by atoms with Gasteiger partial charge < -0.3 is 15.5 Å². The molecule has 1 saturated heterocycles. The number of benzene rings is 1. The zero-order valence-electron chi connectivity index (χ0n) is 11.7. The van der Waals surface area contributed by atoms with Crippen LogP contribution in [0.15, 0.2) is 12.1 Å². The van der Waals surface area contributed by atoms with E-state index in [-0.39, 0.29) is 17.5 Å². The number of halogens is 2. The van der Waals surface area contributed by atoms with E-state index in [1.54, 1.807) is 4.90 Å². The molecule has 1 aromatic carbocycles. The SMILES string of the molecule is CN(C)CC1CCCN1C(=O)c1cc(F)c(N)c(F)c1. The van der Waals surface area contributed by atoms with E-state index in [4.69, 9.17) is 5.73 Å². The van der Waals surface area contributed by atoms with Crippen molar-refractivity contribution in [1.29, 1.82) is 0 Å². The van der Waals surface area contributed by atoms with Crippen LogP contribution in [0.4, 0.5) is 14.5 Å². The van der Waals surface area contributed by atoms with Crippen LogP contribution >= 0.6 is 0 Å². The second-order valence-electron chi connectivity index (χ2n) is 5.41. The summed E-state index contributed by atoms with van der Waals surface area (Å²) < 4.78 is 26.9. The van der Waals surface area contributed by atoms with Crippen molar-refractivity contribution < 1.29 is 13.6 Å². The van der Waals surface area contributed by atoms with Crippen LogP contribution in [-0.4, -0.2) is 48.9 Å². The number of anilines is 1. The van der Waals surface area contributed by atoms with E-state index in [1.165, 1.54) is 0 Å². The van der Waals surface area contributed by atoms with E-state index in [1.807, 2.05) is 19.0 Å². The molecule has 1 atom stereocenters. The van der Waals surface area contributed by atoms with Crippen LogP contribution in [-0.2, 0) is 0 Å². The van der Waals surface area contributed by atoms with Gasteiger partial charge in [-0.1, -0.05) is 0 Å². The number of amides is 1. The molecule has 0 radical (unpaired) electrons. The average molecular weight is 283 g/mol. The summed E-state index contributed by atoms with van der Waals surface area (Å²) >= 11 is 0. The third-order valence-corrected chi connectivity index (χ3v) is 3.54. The normalized spacial score (nSPS) is 18.9. The Labute approximate surface area is 117 Å². The van der Waals surface area contributed by atoms with Crippen molar-refractivity contribution in [2.45, 2.75) is 18.9 Å². The lowest BCUT2D eigenvalue weighted by Crippen LogP contribution is -2.41. The number of likely N-dealkylation sites (tertiary alicyclic amines) is 1. The Hall–Kier alpha value is -1.69. The molecule has 0 bridgehead atoms. The monoisotopic (exact) mass is 283 g/mol. The third kappa shape index (κ3) is 2.90. The van der Waals surface area contributed by atoms with Crippen LogP contribution < -0.4 is 5.73 Å². The molecule has 6 heteroatoms. The Morgan fingerprint density at radius 3 is 2.55 bits per heavy atom. The largest absolute Gasteiger partial charge is 0.394 e. The van der Waals surface area contributed by atoms with Gasteiger partial charge in [-0.05, 0) is 39.1 Å². The summed E-state index contributed by atoms with van der Waals surface area (Å²) in [5, 5.41) is 0. The van der Waals surface area contributed by atoms with E-state index >= 15 is 0 Å². The maximum atomic E-state index is 13.5. The molecule has 0 aromatic heterocycles. The molecule has 0 saturated carbocycles. The number of carbonyl (C=O) groups is 1. The van der Waals surface area contributed by atoms with Crippen LogP contribution in [0.3, 0.4) is 0 Å². The number of likely N-dealkylation sites (N-methyl/N-ethyl adjacent to an activating group) is 1.